The molecule has 7 nitrogen and oxygen atoms in total. The lowest BCUT2D eigenvalue weighted by molar-refractivity contribution is -0.143. The highest BCUT2D eigenvalue weighted by Gasteiger charge is 2.19. The summed E-state index contributed by atoms with van der Waals surface area (Å²) in [6, 6.07) is 8.62. The summed E-state index contributed by atoms with van der Waals surface area (Å²) in [5.74, 6) is -0.234. The van der Waals surface area contributed by atoms with Crippen molar-refractivity contribution in [2.45, 2.75) is 20.4 Å². The van der Waals surface area contributed by atoms with Gasteiger partial charge < -0.3 is 18.8 Å². The minimum atomic E-state index is -0.524. The van der Waals surface area contributed by atoms with Crippen molar-refractivity contribution in [3.63, 3.8) is 0 Å². The SMILES string of the molecule is CCOC(=O)Cn1c(=NC(=O)c2cccc(OC)c2OC)sc2c(Cl)ccc(C)c21. The van der Waals surface area contributed by atoms with Crippen LogP contribution < -0.4 is 14.3 Å². The van der Waals surface area contributed by atoms with Gasteiger partial charge in [-0.15, -0.1) is 0 Å². The van der Waals surface area contributed by atoms with Gasteiger partial charge in [-0.3, -0.25) is 9.59 Å². The molecule has 3 aromatic rings. The van der Waals surface area contributed by atoms with Crippen molar-refractivity contribution < 1.29 is 23.8 Å². The maximum atomic E-state index is 13.0. The van der Waals surface area contributed by atoms with Gasteiger partial charge in [-0.05, 0) is 37.6 Å². The minimum Gasteiger partial charge on any atom is -0.493 e. The van der Waals surface area contributed by atoms with Crippen LogP contribution in [0.25, 0.3) is 10.2 Å². The lowest BCUT2D eigenvalue weighted by Crippen LogP contribution is -2.23. The number of esters is 1. The van der Waals surface area contributed by atoms with E-state index in [1.54, 1.807) is 35.8 Å². The average molecular weight is 449 g/mol. The second-order valence-corrected chi connectivity index (χ2v) is 7.66. The predicted octanol–water partition coefficient (Wildman–Crippen LogP) is 3.99. The van der Waals surface area contributed by atoms with Gasteiger partial charge in [0.05, 0.1) is 41.6 Å². The van der Waals surface area contributed by atoms with E-state index in [4.69, 9.17) is 25.8 Å². The van der Waals surface area contributed by atoms with Crippen LogP contribution in [0.1, 0.15) is 22.8 Å². The van der Waals surface area contributed by atoms with E-state index in [2.05, 4.69) is 4.99 Å². The number of hydrogen-bond acceptors (Lipinski definition) is 6. The van der Waals surface area contributed by atoms with E-state index in [0.717, 1.165) is 15.8 Å². The Morgan fingerprint density at radius 3 is 2.60 bits per heavy atom. The molecular weight excluding hydrogens is 428 g/mol. The number of methoxy groups -OCH3 is 2. The zero-order valence-electron chi connectivity index (χ0n) is 17.0. The molecule has 1 amide bonds. The van der Waals surface area contributed by atoms with Gasteiger partial charge in [0.25, 0.3) is 5.91 Å². The molecule has 0 saturated heterocycles. The number of fused-ring (bicyclic) bond motifs is 1. The van der Waals surface area contributed by atoms with Crippen LogP contribution in [0.15, 0.2) is 35.3 Å². The summed E-state index contributed by atoms with van der Waals surface area (Å²) in [6.07, 6.45) is 0. The Balaban J connectivity index is 2.21. The molecule has 0 N–H and O–H groups in total. The molecule has 2 aromatic carbocycles. The van der Waals surface area contributed by atoms with Gasteiger partial charge in [-0.25, -0.2) is 0 Å². The number of aryl methyl sites for hydroxylation is 1. The third-order valence-electron chi connectivity index (χ3n) is 4.40. The van der Waals surface area contributed by atoms with E-state index in [9.17, 15) is 9.59 Å². The van der Waals surface area contributed by atoms with E-state index >= 15 is 0 Å². The molecule has 1 heterocycles. The van der Waals surface area contributed by atoms with Crippen molar-refractivity contribution in [3.8, 4) is 11.5 Å². The summed E-state index contributed by atoms with van der Waals surface area (Å²) in [7, 11) is 2.95. The summed E-state index contributed by atoms with van der Waals surface area (Å²) < 4.78 is 18.1. The first-order chi connectivity index (χ1) is 14.4. The van der Waals surface area contributed by atoms with Crippen LogP contribution in [0, 0.1) is 6.92 Å². The number of benzene rings is 2. The number of carbonyl (C=O) groups is 2. The Kier molecular flexibility index (Phi) is 6.79. The number of ether oxygens (including phenoxy) is 3. The van der Waals surface area contributed by atoms with Crippen LogP contribution in [0.4, 0.5) is 0 Å². The number of thiazole rings is 1. The maximum Gasteiger partial charge on any atom is 0.326 e. The van der Waals surface area contributed by atoms with Crippen LogP contribution in [0.5, 0.6) is 11.5 Å². The molecule has 158 valence electrons. The quantitative estimate of drug-likeness (QED) is 0.533. The summed E-state index contributed by atoms with van der Waals surface area (Å²) >= 11 is 7.61. The molecule has 0 fully saturated rings. The number of rotatable bonds is 6. The zero-order chi connectivity index (χ0) is 21.8. The number of nitrogens with zero attached hydrogens (tertiary/aromatic N) is 2. The van der Waals surface area contributed by atoms with Crippen LogP contribution in [-0.2, 0) is 16.1 Å². The van der Waals surface area contributed by atoms with Crippen molar-refractivity contribution >= 4 is 45.0 Å². The number of amides is 1. The Hall–Kier alpha value is -2.84. The second-order valence-electron chi connectivity index (χ2n) is 6.28. The average Bonchev–Trinajstić information content (AvgIpc) is 3.09. The van der Waals surface area contributed by atoms with Crippen molar-refractivity contribution in [1.29, 1.82) is 0 Å². The normalized spacial score (nSPS) is 11.6. The van der Waals surface area contributed by atoms with E-state index < -0.39 is 11.9 Å². The molecule has 1 aromatic heterocycles. The van der Waals surface area contributed by atoms with Gasteiger partial charge in [0, 0.05) is 0 Å². The second kappa shape index (κ2) is 9.32. The van der Waals surface area contributed by atoms with Gasteiger partial charge in [0.15, 0.2) is 16.3 Å². The van der Waals surface area contributed by atoms with Crippen LogP contribution >= 0.6 is 22.9 Å². The van der Waals surface area contributed by atoms with Crippen LogP contribution in [0.2, 0.25) is 5.02 Å². The van der Waals surface area contributed by atoms with Crippen LogP contribution in [-0.4, -0.2) is 37.3 Å². The molecule has 3 rings (SSSR count). The van der Waals surface area contributed by atoms with E-state index in [-0.39, 0.29) is 18.7 Å². The third kappa shape index (κ3) is 4.20. The minimum absolute atomic E-state index is 0.0869. The molecule has 9 heteroatoms. The molecule has 0 spiro atoms. The summed E-state index contributed by atoms with van der Waals surface area (Å²) in [6.45, 7) is 3.81. The lowest BCUT2D eigenvalue weighted by Gasteiger charge is -2.10. The molecule has 0 aliphatic carbocycles. The largest absolute Gasteiger partial charge is 0.493 e. The Labute approximate surface area is 182 Å². The Bertz CT molecular complexity index is 1180. The van der Waals surface area contributed by atoms with Crippen molar-refractivity contribution in [3.05, 3.63) is 51.3 Å². The van der Waals surface area contributed by atoms with Crippen molar-refractivity contribution in [2.75, 3.05) is 20.8 Å². The first kappa shape index (κ1) is 21.9. The third-order valence-corrected chi connectivity index (χ3v) is 5.94. The number of hydrogen-bond donors (Lipinski definition) is 0. The van der Waals surface area contributed by atoms with Crippen LogP contribution in [0.3, 0.4) is 0 Å². The van der Waals surface area contributed by atoms with E-state index in [1.807, 2.05) is 13.0 Å². The monoisotopic (exact) mass is 448 g/mol. The molecule has 0 unspecified atom stereocenters. The maximum absolute atomic E-state index is 13.0. The van der Waals surface area contributed by atoms with Crippen molar-refractivity contribution in [1.82, 2.24) is 4.57 Å². The number of para-hydroxylation sites is 1. The highest BCUT2D eigenvalue weighted by molar-refractivity contribution is 7.17. The highest BCUT2D eigenvalue weighted by Crippen LogP contribution is 2.32. The molecule has 0 saturated carbocycles. The summed E-state index contributed by atoms with van der Waals surface area (Å²) in [5.41, 5.74) is 1.90. The summed E-state index contributed by atoms with van der Waals surface area (Å²) in [5, 5.41) is 0.520. The lowest BCUT2D eigenvalue weighted by atomic mass is 10.2. The fourth-order valence-electron chi connectivity index (χ4n) is 3.09. The van der Waals surface area contributed by atoms with E-state index in [1.165, 1.54) is 25.6 Å². The molecule has 0 aliphatic heterocycles. The number of halogens is 1. The molecule has 0 atom stereocenters. The molecule has 0 aliphatic rings. The van der Waals surface area contributed by atoms with Gasteiger partial charge in [-0.1, -0.05) is 35.1 Å². The smallest absolute Gasteiger partial charge is 0.326 e. The number of carbonyl (C=O) groups excluding carboxylic acids is 2. The van der Waals surface area contributed by atoms with Gasteiger partial charge in [0.1, 0.15) is 6.54 Å². The zero-order valence-corrected chi connectivity index (χ0v) is 18.6. The first-order valence-corrected chi connectivity index (χ1v) is 10.3. The fourth-order valence-corrected chi connectivity index (χ4v) is 4.47. The Morgan fingerprint density at radius 2 is 1.93 bits per heavy atom. The molecule has 0 radical (unpaired) electrons. The fraction of sp³-hybridized carbons (Fsp3) is 0.286. The molecular formula is C21H21ClN2O5S. The van der Waals surface area contributed by atoms with E-state index in [0.29, 0.717) is 21.3 Å². The first-order valence-electron chi connectivity index (χ1n) is 9.15. The molecule has 0 bridgehead atoms. The standard InChI is InChI=1S/C21H21ClN2O5S/c1-5-29-16(25)11-24-17-12(2)9-10-14(22)19(17)30-21(24)23-20(26)13-7-6-8-15(27-3)18(13)28-4/h6-10H,5,11H2,1-4H3. The highest BCUT2D eigenvalue weighted by atomic mass is 35.5. The molecule has 30 heavy (non-hydrogen) atoms. The topological polar surface area (TPSA) is 79.1 Å². The van der Waals surface area contributed by atoms with Crippen molar-refractivity contribution in [2.24, 2.45) is 4.99 Å². The van der Waals surface area contributed by atoms with Gasteiger partial charge in [-0.2, -0.15) is 4.99 Å². The van der Waals surface area contributed by atoms with Gasteiger partial charge in [0.2, 0.25) is 0 Å². The summed E-state index contributed by atoms with van der Waals surface area (Å²) in [4.78, 5) is 29.8. The van der Waals surface area contributed by atoms with Gasteiger partial charge >= 0.3 is 5.97 Å². The Morgan fingerprint density at radius 1 is 1.17 bits per heavy atom. The predicted molar refractivity (Wildman–Crippen MR) is 116 cm³/mol. The number of aromatic nitrogens is 1.